The van der Waals surface area contributed by atoms with Crippen LogP contribution in [-0.2, 0) is 0 Å². The number of hydrogen-bond donors (Lipinski definition) is 2. The lowest BCUT2D eigenvalue weighted by molar-refractivity contribution is 0.0938. The second-order valence-corrected chi connectivity index (χ2v) is 6.95. The first-order chi connectivity index (χ1) is 9.22. The quantitative estimate of drug-likeness (QED) is 0.912. The first-order valence-corrected chi connectivity index (χ1v) is 8.00. The number of aromatic nitrogens is 1. The van der Waals surface area contributed by atoms with Crippen LogP contribution in [0.4, 0.5) is 0 Å². The summed E-state index contributed by atoms with van der Waals surface area (Å²) in [5.74, 6) is 0.454. The molecule has 100 valence electrons. The average Bonchev–Trinajstić information content (AvgIpc) is 2.94. The predicted octanol–water partition coefficient (Wildman–Crippen LogP) is 2.47. The van der Waals surface area contributed by atoms with Gasteiger partial charge in [0.2, 0.25) is 0 Å². The van der Waals surface area contributed by atoms with E-state index in [0.717, 1.165) is 27.3 Å². The number of carbonyl (C=O) groups is 1. The molecule has 1 fully saturated rings. The van der Waals surface area contributed by atoms with Crippen molar-refractivity contribution >= 4 is 40.2 Å². The van der Waals surface area contributed by atoms with E-state index < -0.39 is 0 Å². The van der Waals surface area contributed by atoms with Gasteiger partial charge in [-0.25, -0.2) is 4.98 Å². The SMILES string of the molecule is O=C(NCC1CNC1)c1csc(-c2ccc(Cl)s2)n1. The van der Waals surface area contributed by atoms with E-state index in [1.54, 1.807) is 5.38 Å². The van der Waals surface area contributed by atoms with Crippen molar-refractivity contribution in [3.8, 4) is 9.88 Å². The third-order valence-corrected chi connectivity index (χ3v) is 5.18. The van der Waals surface area contributed by atoms with Crippen molar-refractivity contribution in [2.45, 2.75) is 0 Å². The molecule has 1 saturated heterocycles. The normalized spacial score (nSPS) is 15.2. The topological polar surface area (TPSA) is 54.0 Å². The van der Waals surface area contributed by atoms with Gasteiger partial charge >= 0.3 is 0 Å². The number of halogens is 1. The third-order valence-electron chi connectivity index (χ3n) is 2.94. The number of rotatable bonds is 4. The van der Waals surface area contributed by atoms with Crippen molar-refractivity contribution in [2.24, 2.45) is 5.92 Å². The largest absolute Gasteiger partial charge is 0.350 e. The zero-order valence-electron chi connectivity index (χ0n) is 9.98. The van der Waals surface area contributed by atoms with Gasteiger partial charge in [0, 0.05) is 30.9 Å². The molecule has 2 aromatic heterocycles. The van der Waals surface area contributed by atoms with Gasteiger partial charge in [-0.2, -0.15) is 0 Å². The molecule has 1 aliphatic rings. The summed E-state index contributed by atoms with van der Waals surface area (Å²) >= 11 is 8.83. The number of thiazole rings is 1. The Morgan fingerprint density at radius 2 is 2.37 bits per heavy atom. The molecular weight excluding hydrogens is 302 g/mol. The molecule has 0 atom stereocenters. The highest BCUT2D eigenvalue weighted by Gasteiger charge is 2.19. The van der Waals surface area contributed by atoms with Crippen LogP contribution in [0.2, 0.25) is 4.34 Å². The molecule has 0 unspecified atom stereocenters. The van der Waals surface area contributed by atoms with Crippen LogP contribution < -0.4 is 10.6 Å². The smallest absolute Gasteiger partial charge is 0.270 e. The molecule has 0 saturated carbocycles. The van der Waals surface area contributed by atoms with Crippen LogP contribution in [0.5, 0.6) is 0 Å². The minimum Gasteiger partial charge on any atom is -0.350 e. The fourth-order valence-electron chi connectivity index (χ4n) is 1.74. The van der Waals surface area contributed by atoms with Crippen LogP contribution in [0.1, 0.15) is 10.5 Å². The Kier molecular flexibility index (Phi) is 3.83. The monoisotopic (exact) mass is 313 g/mol. The van der Waals surface area contributed by atoms with Crippen LogP contribution in [0.3, 0.4) is 0 Å². The summed E-state index contributed by atoms with van der Waals surface area (Å²) in [5.41, 5.74) is 0.483. The van der Waals surface area contributed by atoms with Crippen molar-refractivity contribution in [3.63, 3.8) is 0 Å². The van der Waals surface area contributed by atoms with Gasteiger partial charge in [-0.3, -0.25) is 4.79 Å². The molecule has 19 heavy (non-hydrogen) atoms. The van der Waals surface area contributed by atoms with E-state index in [0.29, 0.717) is 18.2 Å². The molecular formula is C12H12ClN3OS2. The van der Waals surface area contributed by atoms with E-state index in [2.05, 4.69) is 15.6 Å². The van der Waals surface area contributed by atoms with Crippen molar-refractivity contribution in [1.29, 1.82) is 0 Å². The minimum absolute atomic E-state index is 0.1000. The lowest BCUT2D eigenvalue weighted by atomic mass is 10.0. The van der Waals surface area contributed by atoms with Gasteiger partial charge in [-0.05, 0) is 12.1 Å². The molecule has 3 heterocycles. The maximum atomic E-state index is 11.9. The summed E-state index contributed by atoms with van der Waals surface area (Å²) in [6.45, 7) is 2.68. The number of nitrogens with zero attached hydrogens (tertiary/aromatic N) is 1. The summed E-state index contributed by atoms with van der Waals surface area (Å²) in [6.07, 6.45) is 0. The molecule has 0 aromatic carbocycles. The molecule has 2 N–H and O–H groups in total. The first kappa shape index (κ1) is 13.1. The molecule has 1 amide bonds. The van der Waals surface area contributed by atoms with Gasteiger partial charge in [0.15, 0.2) is 0 Å². The van der Waals surface area contributed by atoms with Crippen LogP contribution >= 0.6 is 34.3 Å². The van der Waals surface area contributed by atoms with Crippen LogP contribution in [0.15, 0.2) is 17.5 Å². The van der Waals surface area contributed by atoms with E-state index in [1.807, 2.05) is 12.1 Å². The highest BCUT2D eigenvalue weighted by Crippen LogP contribution is 2.32. The second kappa shape index (κ2) is 5.58. The molecule has 0 bridgehead atoms. The summed E-state index contributed by atoms with van der Waals surface area (Å²) in [4.78, 5) is 17.3. The van der Waals surface area contributed by atoms with Crippen molar-refractivity contribution in [1.82, 2.24) is 15.6 Å². The van der Waals surface area contributed by atoms with Crippen LogP contribution in [-0.4, -0.2) is 30.5 Å². The minimum atomic E-state index is -0.1000. The highest BCUT2D eigenvalue weighted by molar-refractivity contribution is 7.23. The molecule has 2 aromatic rings. The van der Waals surface area contributed by atoms with Crippen molar-refractivity contribution in [2.75, 3.05) is 19.6 Å². The maximum absolute atomic E-state index is 11.9. The van der Waals surface area contributed by atoms with Gasteiger partial charge in [0.25, 0.3) is 5.91 Å². The van der Waals surface area contributed by atoms with E-state index in [4.69, 9.17) is 11.6 Å². The Balaban J connectivity index is 1.64. The van der Waals surface area contributed by atoms with Gasteiger partial charge in [-0.15, -0.1) is 22.7 Å². The number of nitrogens with one attached hydrogen (secondary N) is 2. The van der Waals surface area contributed by atoms with E-state index in [-0.39, 0.29) is 5.91 Å². The van der Waals surface area contributed by atoms with E-state index in [9.17, 15) is 4.79 Å². The molecule has 0 spiro atoms. The summed E-state index contributed by atoms with van der Waals surface area (Å²) < 4.78 is 0.730. The lowest BCUT2D eigenvalue weighted by Crippen LogP contribution is -2.48. The zero-order valence-corrected chi connectivity index (χ0v) is 12.4. The van der Waals surface area contributed by atoms with Gasteiger partial charge in [0.05, 0.1) is 9.21 Å². The van der Waals surface area contributed by atoms with E-state index >= 15 is 0 Å². The Morgan fingerprint density at radius 3 is 3.00 bits per heavy atom. The molecule has 1 aliphatic heterocycles. The Morgan fingerprint density at radius 1 is 1.53 bits per heavy atom. The number of hydrogen-bond acceptors (Lipinski definition) is 5. The van der Waals surface area contributed by atoms with E-state index in [1.165, 1.54) is 22.7 Å². The molecule has 0 radical (unpaired) electrons. The molecule has 7 heteroatoms. The van der Waals surface area contributed by atoms with Crippen LogP contribution in [0.25, 0.3) is 9.88 Å². The highest BCUT2D eigenvalue weighted by atomic mass is 35.5. The molecule has 0 aliphatic carbocycles. The summed E-state index contributed by atoms with van der Waals surface area (Å²) in [6, 6.07) is 3.76. The standard InChI is InChI=1S/C12H12ClN3OS2/c13-10-2-1-9(19-10)12-16-8(6-18-12)11(17)15-5-7-3-14-4-7/h1-2,6-7,14H,3-5H2,(H,15,17). The number of amides is 1. The van der Waals surface area contributed by atoms with Crippen molar-refractivity contribution < 1.29 is 4.79 Å². The maximum Gasteiger partial charge on any atom is 0.270 e. The molecule has 4 nitrogen and oxygen atoms in total. The van der Waals surface area contributed by atoms with Gasteiger partial charge < -0.3 is 10.6 Å². The average molecular weight is 314 g/mol. The summed E-state index contributed by atoms with van der Waals surface area (Å²) in [7, 11) is 0. The fourth-order valence-corrected chi connectivity index (χ4v) is 3.66. The Labute approximate surface area is 123 Å². The Hall–Kier alpha value is -0.950. The second-order valence-electron chi connectivity index (χ2n) is 4.38. The van der Waals surface area contributed by atoms with Gasteiger partial charge in [0.1, 0.15) is 10.7 Å². The van der Waals surface area contributed by atoms with Gasteiger partial charge in [-0.1, -0.05) is 11.6 Å². The fraction of sp³-hybridized carbons (Fsp3) is 0.333. The Bertz CT molecular complexity index is 591. The number of carbonyl (C=O) groups excluding carboxylic acids is 1. The lowest BCUT2D eigenvalue weighted by Gasteiger charge is -2.26. The number of thiophene rings is 1. The third kappa shape index (κ3) is 2.97. The van der Waals surface area contributed by atoms with Crippen molar-refractivity contribution in [3.05, 3.63) is 27.5 Å². The first-order valence-electron chi connectivity index (χ1n) is 5.92. The predicted molar refractivity (Wildman–Crippen MR) is 79.1 cm³/mol. The molecule has 3 rings (SSSR count). The van der Waals surface area contributed by atoms with Crippen LogP contribution in [0, 0.1) is 5.92 Å². The summed E-state index contributed by atoms with van der Waals surface area (Å²) in [5, 5.41) is 8.72. The zero-order chi connectivity index (χ0) is 13.2.